The van der Waals surface area contributed by atoms with Crippen molar-refractivity contribution in [3.8, 4) is 34.5 Å². The van der Waals surface area contributed by atoms with Crippen LogP contribution < -0.4 is 38.9 Å². The number of methoxy groups -OCH3 is 6. The van der Waals surface area contributed by atoms with Gasteiger partial charge >= 0.3 is 0 Å². The van der Waals surface area contributed by atoms with E-state index in [-0.39, 0.29) is 22.0 Å². The fourth-order valence-corrected chi connectivity index (χ4v) is 4.72. The van der Waals surface area contributed by atoms with E-state index in [1.165, 1.54) is 60.9 Å². The molecule has 3 N–H and O–H groups in total. The number of sulfonamides is 1. The summed E-state index contributed by atoms with van der Waals surface area (Å²) in [5, 5.41) is 0. The third-order valence-corrected chi connectivity index (χ3v) is 6.78. The van der Waals surface area contributed by atoms with Gasteiger partial charge < -0.3 is 34.2 Å². The first-order valence-electron chi connectivity index (χ1n) is 10.9. The number of nitrogen functional groups attached to an aromatic ring is 1. The quantitative estimate of drug-likeness (QED) is 0.276. The summed E-state index contributed by atoms with van der Waals surface area (Å²) in [5.74, 6) is 2.40. The van der Waals surface area contributed by atoms with Gasteiger partial charge in [0.15, 0.2) is 23.0 Å². The second-order valence-electron chi connectivity index (χ2n) is 7.61. The number of ether oxygens (including phenoxy) is 6. The molecule has 0 heterocycles. The molecule has 0 aliphatic rings. The number of rotatable bonds is 11. The van der Waals surface area contributed by atoms with E-state index in [9.17, 15) is 8.42 Å². The number of anilines is 2. The highest BCUT2D eigenvalue weighted by Gasteiger charge is 2.21. The molecule has 0 spiro atoms. The van der Waals surface area contributed by atoms with Crippen molar-refractivity contribution in [3.63, 3.8) is 0 Å². The molecule has 0 amide bonds. The largest absolute Gasteiger partial charge is 0.495 e. The van der Waals surface area contributed by atoms with Crippen LogP contribution in [0.2, 0.25) is 0 Å². The Balaban J connectivity index is 2.03. The van der Waals surface area contributed by atoms with Crippen molar-refractivity contribution in [1.82, 2.24) is 0 Å². The normalized spacial score (nSPS) is 11.2. The molecule has 0 fully saturated rings. The minimum absolute atomic E-state index is 0.0369. The molecule has 198 valence electrons. The molecule has 0 aliphatic heterocycles. The van der Waals surface area contributed by atoms with E-state index < -0.39 is 10.0 Å². The van der Waals surface area contributed by atoms with Crippen molar-refractivity contribution in [2.75, 3.05) is 53.1 Å². The van der Waals surface area contributed by atoms with Crippen LogP contribution in [-0.4, -0.2) is 51.1 Å². The molecule has 0 radical (unpaired) electrons. The zero-order valence-electron chi connectivity index (χ0n) is 21.4. The first-order chi connectivity index (χ1) is 17.7. The minimum atomic E-state index is -4.02. The fourth-order valence-electron chi connectivity index (χ4n) is 3.63. The van der Waals surface area contributed by atoms with Gasteiger partial charge in [-0.25, -0.2) is 8.42 Å². The van der Waals surface area contributed by atoms with Crippen molar-refractivity contribution in [2.45, 2.75) is 4.90 Å². The lowest BCUT2D eigenvalue weighted by Gasteiger charge is -2.16. The monoisotopic (exact) mass is 530 g/mol. The predicted octanol–water partition coefficient (Wildman–Crippen LogP) is 4.29. The standard InChI is InChI=1S/C26H30N2O8S/c1-31-21-10-9-18(15-19(21)27)37(29,30)28-20-11-16(12-22(32-2)25(20)35-5)7-8-17-13-23(33-3)26(36-6)24(14-17)34-4/h7-15,28H,27H2,1-6H3. The minimum Gasteiger partial charge on any atom is -0.495 e. The van der Waals surface area contributed by atoms with Gasteiger partial charge in [-0.2, -0.15) is 0 Å². The molecule has 37 heavy (non-hydrogen) atoms. The van der Waals surface area contributed by atoms with Gasteiger partial charge in [0, 0.05) is 0 Å². The summed E-state index contributed by atoms with van der Waals surface area (Å²) in [7, 11) is 4.92. The Bertz CT molecular complexity index is 1380. The van der Waals surface area contributed by atoms with Gasteiger partial charge in [0.05, 0.1) is 58.9 Å². The van der Waals surface area contributed by atoms with Crippen molar-refractivity contribution in [2.24, 2.45) is 0 Å². The molecule has 0 saturated heterocycles. The number of nitrogens with two attached hydrogens (primary N) is 1. The van der Waals surface area contributed by atoms with Crippen LogP contribution in [-0.2, 0) is 10.0 Å². The molecule has 0 saturated carbocycles. The molecule has 3 aromatic rings. The lowest BCUT2D eigenvalue weighted by Crippen LogP contribution is -2.14. The first kappa shape index (κ1) is 27.3. The van der Waals surface area contributed by atoms with E-state index in [2.05, 4.69) is 4.72 Å². The average molecular weight is 531 g/mol. The molecule has 3 rings (SSSR count). The maximum atomic E-state index is 13.2. The van der Waals surface area contributed by atoms with Crippen molar-refractivity contribution in [3.05, 3.63) is 53.6 Å². The lowest BCUT2D eigenvalue weighted by molar-refractivity contribution is 0.324. The molecule has 0 unspecified atom stereocenters. The van der Waals surface area contributed by atoms with Crippen molar-refractivity contribution >= 4 is 33.6 Å². The van der Waals surface area contributed by atoms with Gasteiger partial charge in [-0.15, -0.1) is 0 Å². The molecular formula is C26H30N2O8S. The zero-order chi connectivity index (χ0) is 27.2. The van der Waals surface area contributed by atoms with Gasteiger partial charge in [-0.1, -0.05) is 12.2 Å². The molecule has 0 bridgehead atoms. The molecule has 10 nitrogen and oxygen atoms in total. The Labute approximate surface area is 216 Å². The number of benzene rings is 3. The number of hydrogen-bond acceptors (Lipinski definition) is 9. The van der Waals surface area contributed by atoms with Gasteiger partial charge in [0.2, 0.25) is 5.75 Å². The Morgan fingerprint density at radius 1 is 0.649 bits per heavy atom. The van der Waals surface area contributed by atoms with Crippen LogP contribution in [0.4, 0.5) is 11.4 Å². The lowest BCUT2D eigenvalue weighted by atomic mass is 10.1. The van der Waals surface area contributed by atoms with E-state index in [4.69, 9.17) is 34.2 Å². The smallest absolute Gasteiger partial charge is 0.262 e. The molecule has 0 atom stereocenters. The number of hydrogen-bond donors (Lipinski definition) is 2. The van der Waals surface area contributed by atoms with E-state index in [0.29, 0.717) is 34.3 Å². The summed E-state index contributed by atoms with van der Waals surface area (Å²) in [6, 6.07) is 11.1. The highest BCUT2D eigenvalue weighted by atomic mass is 32.2. The first-order valence-corrected chi connectivity index (χ1v) is 12.4. The maximum Gasteiger partial charge on any atom is 0.262 e. The fraction of sp³-hybridized carbons (Fsp3) is 0.231. The molecule has 0 aliphatic carbocycles. The van der Waals surface area contributed by atoms with E-state index in [0.717, 1.165) is 5.56 Å². The van der Waals surface area contributed by atoms with Gasteiger partial charge in [0.1, 0.15) is 5.75 Å². The Morgan fingerprint density at radius 2 is 1.14 bits per heavy atom. The number of nitrogens with one attached hydrogen (secondary N) is 1. The van der Waals surface area contributed by atoms with Gasteiger partial charge in [-0.05, 0) is 53.6 Å². The molecule has 11 heteroatoms. The third-order valence-electron chi connectivity index (χ3n) is 5.41. The van der Waals surface area contributed by atoms with Crippen molar-refractivity contribution < 1.29 is 36.8 Å². The maximum absolute atomic E-state index is 13.2. The second-order valence-corrected chi connectivity index (χ2v) is 9.29. The Hall–Kier alpha value is -4.25. The van der Waals surface area contributed by atoms with Gasteiger partial charge in [0.25, 0.3) is 10.0 Å². The summed E-state index contributed by atoms with van der Waals surface area (Å²) in [4.78, 5) is -0.0369. The van der Waals surface area contributed by atoms with E-state index in [1.807, 2.05) is 6.08 Å². The van der Waals surface area contributed by atoms with Crippen molar-refractivity contribution in [1.29, 1.82) is 0 Å². The zero-order valence-corrected chi connectivity index (χ0v) is 22.3. The predicted molar refractivity (Wildman–Crippen MR) is 143 cm³/mol. The SMILES string of the molecule is COc1ccc(S(=O)(=O)Nc2cc(C=Cc3cc(OC)c(OC)c(OC)c3)cc(OC)c2OC)cc1N. The second kappa shape index (κ2) is 11.7. The van der Waals surface area contributed by atoms with E-state index >= 15 is 0 Å². The van der Waals surface area contributed by atoms with Crippen LogP contribution in [0, 0.1) is 0 Å². The van der Waals surface area contributed by atoms with E-state index in [1.54, 1.807) is 30.3 Å². The molecule has 0 aromatic heterocycles. The summed E-state index contributed by atoms with van der Waals surface area (Å²) in [6.07, 6.45) is 3.60. The highest BCUT2D eigenvalue weighted by Crippen LogP contribution is 2.40. The average Bonchev–Trinajstić information content (AvgIpc) is 2.90. The molecule has 3 aromatic carbocycles. The summed E-state index contributed by atoms with van der Waals surface area (Å²) < 4.78 is 61.1. The Morgan fingerprint density at radius 3 is 1.59 bits per heavy atom. The van der Waals surface area contributed by atoms with Crippen LogP contribution in [0.1, 0.15) is 11.1 Å². The Kier molecular flexibility index (Phi) is 8.61. The van der Waals surface area contributed by atoms with Crippen LogP contribution in [0.25, 0.3) is 12.2 Å². The van der Waals surface area contributed by atoms with Crippen LogP contribution in [0.3, 0.4) is 0 Å². The highest BCUT2D eigenvalue weighted by molar-refractivity contribution is 7.92. The summed E-state index contributed by atoms with van der Waals surface area (Å²) in [6.45, 7) is 0. The summed E-state index contributed by atoms with van der Waals surface area (Å²) >= 11 is 0. The summed E-state index contributed by atoms with van der Waals surface area (Å²) in [5.41, 5.74) is 7.68. The topological polar surface area (TPSA) is 128 Å². The van der Waals surface area contributed by atoms with Crippen LogP contribution in [0.5, 0.6) is 34.5 Å². The van der Waals surface area contributed by atoms with Gasteiger partial charge in [-0.3, -0.25) is 4.72 Å². The molecular weight excluding hydrogens is 500 g/mol. The van der Waals surface area contributed by atoms with Crippen LogP contribution in [0.15, 0.2) is 47.4 Å². The van der Waals surface area contributed by atoms with Crippen LogP contribution >= 0.6 is 0 Å². The third kappa shape index (κ3) is 5.95.